The Hall–Kier alpha value is -2.97. The van der Waals surface area contributed by atoms with Gasteiger partial charge in [-0.15, -0.1) is 0 Å². The molecule has 1 saturated heterocycles. The molecule has 0 spiro atoms. The van der Waals surface area contributed by atoms with Gasteiger partial charge in [0, 0.05) is 24.9 Å². The zero-order valence-corrected chi connectivity index (χ0v) is 21.7. The Balaban J connectivity index is 1.53. The molecule has 0 saturated carbocycles. The van der Waals surface area contributed by atoms with Gasteiger partial charge in [0.2, 0.25) is 5.91 Å². The van der Waals surface area contributed by atoms with E-state index in [1.165, 1.54) is 0 Å². The number of methoxy groups -OCH3 is 1. The van der Waals surface area contributed by atoms with Crippen molar-refractivity contribution in [1.29, 1.82) is 0 Å². The number of carbonyl (C=O) groups is 2. The number of nitrogens with one attached hydrogen (secondary N) is 1. The number of rotatable bonds is 16. The summed E-state index contributed by atoms with van der Waals surface area (Å²) in [5.41, 5.74) is 1.29. The van der Waals surface area contributed by atoms with Crippen molar-refractivity contribution in [3.63, 3.8) is 0 Å². The van der Waals surface area contributed by atoms with E-state index in [2.05, 4.69) is 10.2 Å². The van der Waals surface area contributed by atoms with Gasteiger partial charge in [-0.1, -0.05) is 12.1 Å². The molecule has 8 heteroatoms. The predicted molar refractivity (Wildman–Crippen MR) is 141 cm³/mol. The Kier molecular flexibility index (Phi) is 11.8. The molecule has 0 unspecified atom stereocenters. The Morgan fingerprint density at radius 2 is 1.65 bits per heavy atom. The van der Waals surface area contributed by atoms with Crippen LogP contribution < -0.4 is 14.8 Å². The maximum atomic E-state index is 12.8. The molecule has 0 aromatic heterocycles. The number of hydrogen-bond acceptors (Lipinski definition) is 6. The van der Waals surface area contributed by atoms with Gasteiger partial charge in [-0.3, -0.25) is 14.0 Å². The number of ketones is 1. The second-order valence-electron chi connectivity index (χ2n) is 9.45. The van der Waals surface area contributed by atoms with Crippen LogP contribution in [-0.2, 0) is 4.79 Å². The number of halogens is 1. The van der Waals surface area contributed by atoms with E-state index in [1.54, 1.807) is 55.6 Å². The lowest BCUT2D eigenvalue weighted by Crippen LogP contribution is -2.46. The lowest BCUT2D eigenvalue weighted by Gasteiger charge is -2.29. The van der Waals surface area contributed by atoms with Gasteiger partial charge in [0.15, 0.2) is 5.78 Å². The summed E-state index contributed by atoms with van der Waals surface area (Å²) in [6, 6.07) is 13.6. The van der Waals surface area contributed by atoms with Crippen LogP contribution in [0.5, 0.6) is 11.5 Å². The average molecular weight is 515 g/mol. The van der Waals surface area contributed by atoms with E-state index in [0.717, 1.165) is 25.9 Å². The Morgan fingerprint density at radius 1 is 0.973 bits per heavy atom. The van der Waals surface area contributed by atoms with Crippen LogP contribution in [0.15, 0.2) is 48.5 Å². The van der Waals surface area contributed by atoms with Crippen LogP contribution in [0.4, 0.5) is 4.39 Å². The van der Waals surface area contributed by atoms with Gasteiger partial charge in [-0.25, -0.2) is 0 Å². The quantitative estimate of drug-likeness (QED) is 0.254. The van der Waals surface area contributed by atoms with Crippen LogP contribution in [0.3, 0.4) is 0 Å². The number of benzene rings is 2. The highest BCUT2D eigenvalue weighted by Crippen LogP contribution is 2.23. The monoisotopic (exact) mass is 514 g/mol. The minimum Gasteiger partial charge on any atom is -0.497 e. The number of aliphatic hydroxyl groups excluding tert-OH is 1. The van der Waals surface area contributed by atoms with Crippen LogP contribution in [0.25, 0.3) is 0 Å². The van der Waals surface area contributed by atoms with Crippen molar-refractivity contribution in [3.8, 4) is 11.5 Å². The molecule has 2 N–H and O–H groups in total. The molecule has 1 aliphatic rings. The van der Waals surface area contributed by atoms with Crippen LogP contribution >= 0.6 is 0 Å². The zero-order valence-electron chi connectivity index (χ0n) is 21.7. The van der Waals surface area contributed by atoms with Gasteiger partial charge in [0.1, 0.15) is 17.6 Å². The Labute approximate surface area is 219 Å². The van der Waals surface area contributed by atoms with Crippen LogP contribution in [0, 0.1) is 0 Å². The first-order chi connectivity index (χ1) is 18.0. The molecule has 7 nitrogen and oxygen atoms in total. The fourth-order valence-corrected chi connectivity index (χ4v) is 4.46. The first-order valence-electron chi connectivity index (χ1n) is 13.2. The number of nitrogens with zero attached hydrogens (tertiary/aromatic N) is 1. The molecular weight excluding hydrogens is 475 g/mol. The summed E-state index contributed by atoms with van der Waals surface area (Å²) in [6.45, 7) is 2.54. The summed E-state index contributed by atoms with van der Waals surface area (Å²) in [4.78, 5) is 27.5. The van der Waals surface area contributed by atoms with Crippen molar-refractivity contribution in [3.05, 3.63) is 59.7 Å². The van der Waals surface area contributed by atoms with Crippen LogP contribution in [0.2, 0.25) is 0 Å². The first-order valence-corrected chi connectivity index (χ1v) is 13.2. The SMILES string of the molecule is COc1ccc(C(=O)CCCC(=O)N[C@H](CN2CCCC2)[C@H](O)c2ccc(OCCCCF)cc2)cc1. The second kappa shape index (κ2) is 15.3. The molecule has 1 amide bonds. The number of aliphatic hydroxyl groups is 1. The number of likely N-dealkylation sites (tertiary alicyclic amines) is 1. The third kappa shape index (κ3) is 9.44. The number of amides is 1. The van der Waals surface area contributed by atoms with Crippen molar-refractivity contribution in [1.82, 2.24) is 10.2 Å². The van der Waals surface area contributed by atoms with Crippen LogP contribution in [0.1, 0.15) is 67.0 Å². The van der Waals surface area contributed by atoms with Crippen molar-refractivity contribution < 1.29 is 28.6 Å². The molecule has 202 valence electrons. The summed E-state index contributed by atoms with van der Waals surface area (Å²) >= 11 is 0. The zero-order chi connectivity index (χ0) is 26.5. The van der Waals surface area contributed by atoms with Crippen molar-refractivity contribution in [2.45, 2.75) is 57.1 Å². The number of alkyl halides is 1. The number of Topliss-reactive ketones (excluding diaryl/α,β-unsaturated/α-hetero) is 1. The minimum atomic E-state index is -0.883. The first kappa shape index (κ1) is 28.6. The van der Waals surface area contributed by atoms with Gasteiger partial charge in [0.05, 0.1) is 26.4 Å². The van der Waals surface area contributed by atoms with Gasteiger partial charge in [-0.2, -0.15) is 0 Å². The molecule has 1 fully saturated rings. The van der Waals surface area contributed by atoms with E-state index in [9.17, 15) is 19.1 Å². The molecule has 2 atom stereocenters. The minimum absolute atomic E-state index is 0.0175. The molecule has 2 aromatic carbocycles. The van der Waals surface area contributed by atoms with E-state index in [1.807, 2.05) is 0 Å². The summed E-state index contributed by atoms with van der Waals surface area (Å²) in [7, 11) is 1.58. The van der Waals surface area contributed by atoms with E-state index in [-0.39, 0.29) is 31.2 Å². The Bertz CT molecular complexity index is 961. The maximum Gasteiger partial charge on any atom is 0.220 e. The maximum absolute atomic E-state index is 12.8. The predicted octanol–water partition coefficient (Wildman–Crippen LogP) is 4.49. The molecule has 37 heavy (non-hydrogen) atoms. The number of ether oxygens (including phenoxy) is 2. The van der Waals surface area contributed by atoms with Gasteiger partial charge in [-0.05, 0) is 87.2 Å². The fraction of sp³-hybridized carbons (Fsp3) is 0.517. The third-order valence-electron chi connectivity index (χ3n) is 6.62. The van der Waals surface area contributed by atoms with Gasteiger partial charge < -0.3 is 24.8 Å². The van der Waals surface area contributed by atoms with E-state index >= 15 is 0 Å². The average Bonchev–Trinajstić information content (AvgIpc) is 3.44. The molecule has 1 heterocycles. The van der Waals surface area contributed by atoms with E-state index < -0.39 is 12.1 Å². The summed E-state index contributed by atoms with van der Waals surface area (Å²) in [5, 5.41) is 14.2. The Morgan fingerprint density at radius 3 is 2.30 bits per heavy atom. The summed E-state index contributed by atoms with van der Waals surface area (Å²) in [5.74, 6) is 1.15. The highest BCUT2D eigenvalue weighted by molar-refractivity contribution is 5.96. The second-order valence-corrected chi connectivity index (χ2v) is 9.45. The van der Waals surface area contributed by atoms with E-state index in [4.69, 9.17) is 9.47 Å². The molecular formula is C29H39FN2O5. The number of unbranched alkanes of at least 4 members (excludes halogenated alkanes) is 1. The normalized spacial score (nSPS) is 15.2. The molecule has 0 aliphatic carbocycles. The van der Waals surface area contributed by atoms with Gasteiger partial charge in [0.25, 0.3) is 0 Å². The third-order valence-corrected chi connectivity index (χ3v) is 6.62. The van der Waals surface area contributed by atoms with Crippen LogP contribution in [-0.4, -0.2) is 67.8 Å². The highest BCUT2D eigenvalue weighted by Gasteiger charge is 2.26. The fourth-order valence-electron chi connectivity index (χ4n) is 4.46. The standard InChI is InChI=1S/C29H39FN2O5/c1-36-24-13-9-22(10-14-24)27(33)7-6-8-28(34)31-26(21-32-18-3-4-19-32)29(35)23-11-15-25(16-12-23)37-20-5-2-17-30/h9-16,26,29,35H,2-8,17-21H2,1H3,(H,31,34)/t26-,29-/m1/s1. The van der Waals surface area contributed by atoms with Gasteiger partial charge >= 0.3 is 0 Å². The van der Waals surface area contributed by atoms with Crippen molar-refractivity contribution >= 4 is 11.7 Å². The number of hydrogen-bond donors (Lipinski definition) is 2. The summed E-state index contributed by atoms with van der Waals surface area (Å²) in [6.07, 6.45) is 3.37. The van der Waals surface area contributed by atoms with Crippen molar-refractivity contribution in [2.75, 3.05) is 40.0 Å². The lowest BCUT2D eigenvalue weighted by molar-refractivity contribution is -0.123. The molecule has 3 rings (SSSR count). The summed E-state index contributed by atoms with van der Waals surface area (Å²) < 4.78 is 23.0. The topological polar surface area (TPSA) is 88.1 Å². The molecule has 1 aliphatic heterocycles. The molecule has 0 radical (unpaired) electrons. The van der Waals surface area contributed by atoms with E-state index in [0.29, 0.717) is 55.0 Å². The lowest BCUT2D eigenvalue weighted by atomic mass is 10.0. The largest absolute Gasteiger partial charge is 0.497 e. The highest BCUT2D eigenvalue weighted by atomic mass is 19.1. The number of carbonyl (C=O) groups excluding carboxylic acids is 2. The molecule has 2 aromatic rings. The van der Waals surface area contributed by atoms with Crippen molar-refractivity contribution in [2.24, 2.45) is 0 Å². The molecule has 0 bridgehead atoms. The smallest absolute Gasteiger partial charge is 0.220 e.